The molecule has 1 saturated heterocycles. The number of primary amides is 1. The molecule has 6 heteroatoms. The zero-order chi connectivity index (χ0) is 15.2. The average molecular weight is 291 g/mol. The van der Waals surface area contributed by atoms with E-state index in [2.05, 4.69) is 34.0 Å². The van der Waals surface area contributed by atoms with E-state index in [1.54, 1.807) is 0 Å². The number of aryl methyl sites for hydroxylation is 1. The number of carbonyl (C=O) groups is 1. The molecule has 1 amide bonds. The van der Waals surface area contributed by atoms with Gasteiger partial charge in [0.2, 0.25) is 5.91 Å². The van der Waals surface area contributed by atoms with Crippen molar-refractivity contribution in [1.82, 2.24) is 9.97 Å². The van der Waals surface area contributed by atoms with E-state index in [9.17, 15) is 4.79 Å². The zero-order valence-corrected chi connectivity index (χ0v) is 12.9. The summed E-state index contributed by atoms with van der Waals surface area (Å²) in [5.74, 6) is 2.34. The summed E-state index contributed by atoms with van der Waals surface area (Å²) < 4.78 is 0. The van der Waals surface area contributed by atoms with Crippen molar-refractivity contribution in [2.24, 2.45) is 11.7 Å². The summed E-state index contributed by atoms with van der Waals surface area (Å²) in [6, 6.07) is 1.97. The van der Waals surface area contributed by atoms with Gasteiger partial charge in [0, 0.05) is 32.1 Å². The largest absolute Gasteiger partial charge is 0.370 e. The predicted molar refractivity (Wildman–Crippen MR) is 84.3 cm³/mol. The Bertz CT molecular complexity index is 491. The summed E-state index contributed by atoms with van der Waals surface area (Å²) in [6.07, 6.45) is 3.73. The molecule has 1 aliphatic heterocycles. The lowest BCUT2D eigenvalue weighted by molar-refractivity contribution is -0.121. The third kappa shape index (κ3) is 4.06. The van der Waals surface area contributed by atoms with Crippen LogP contribution in [0.1, 0.15) is 38.9 Å². The number of aromatic nitrogens is 2. The first-order valence-electron chi connectivity index (χ1n) is 7.80. The molecule has 1 aromatic rings. The van der Waals surface area contributed by atoms with E-state index in [-0.39, 0.29) is 11.8 Å². The highest BCUT2D eigenvalue weighted by atomic mass is 16.1. The highest BCUT2D eigenvalue weighted by Gasteiger charge is 2.27. The lowest BCUT2D eigenvalue weighted by Gasteiger charge is -2.19. The van der Waals surface area contributed by atoms with Gasteiger partial charge in [0.05, 0.1) is 5.92 Å². The SMILES string of the molecule is CCCNc1cc(N2CCC(C(N)=O)C2)nc(CCC)n1. The molecular weight excluding hydrogens is 266 g/mol. The van der Waals surface area contributed by atoms with Crippen molar-refractivity contribution in [3.8, 4) is 0 Å². The van der Waals surface area contributed by atoms with Crippen LogP contribution in [0.15, 0.2) is 6.07 Å². The van der Waals surface area contributed by atoms with Crippen LogP contribution in [0.25, 0.3) is 0 Å². The molecule has 0 bridgehead atoms. The van der Waals surface area contributed by atoms with Gasteiger partial charge in [-0.15, -0.1) is 0 Å². The second-order valence-corrected chi connectivity index (χ2v) is 5.54. The van der Waals surface area contributed by atoms with Crippen molar-refractivity contribution in [2.45, 2.75) is 39.5 Å². The molecular formula is C15H25N5O. The summed E-state index contributed by atoms with van der Waals surface area (Å²) in [5.41, 5.74) is 5.40. The molecule has 0 aliphatic carbocycles. The number of rotatable bonds is 7. The van der Waals surface area contributed by atoms with Crippen molar-refractivity contribution in [3.63, 3.8) is 0 Å². The van der Waals surface area contributed by atoms with Gasteiger partial charge in [-0.25, -0.2) is 9.97 Å². The number of anilines is 2. The molecule has 0 aromatic carbocycles. The first-order chi connectivity index (χ1) is 10.1. The lowest BCUT2D eigenvalue weighted by atomic mass is 10.1. The van der Waals surface area contributed by atoms with Crippen LogP contribution in [0.4, 0.5) is 11.6 Å². The molecule has 3 N–H and O–H groups in total. The maximum atomic E-state index is 11.3. The van der Waals surface area contributed by atoms with Crippen LogP contribution in [-0.4, -0.2) is 35.5 Å². The maximum Gasteiger partial charge on any atom is 0.222 e. The van der Waals surface area contributed by atoms with Crippen molar-refractivity contribution in [2.75, 3.05) is 29.9 Å². The Morgan fingerprint density at radius 3 is 2.86 bits per heavy atom. The molecule has 6 nitrogen and oxygen atoms in total. The summed E-state index contributed by atoms with van der Waals surface area (Å²) in [7, 11) is 0. The van der Waals surface area contributed by atoms with Gasteiger partial charge in [-0.3, -0.25) is 4.79 Å². The third-order valence-corrected chi connectivity index (χ3v) is 3.70. The Morgan fingerprint density at radius 2 is 2.24 bits per heavy atom. The number of nitrogens with zero attached hydrogens (tertiary/aromatic N) is 3. The number of hydrogen-bond donors (Lipinski definition) is 2. The summed E-state index contributed by atoms with van der Waals surface area (Å²) >= 11 is 0. The summed E-state index contributed by atoms with van der Waals surface area (Å²) in [4.78, 5) is 22.6. The fourth-order valence-corrected chi connectivity index (χ4v) is 2.52. The molecule has 1 atom stereocenters. The van der Waals surface area contributed by atoms with E-state index in [1.165, 1.54) is 0 Å². The van der Waals surface area contributed by atoms with Gasteiger partial charge in [0.1, 0.15) is 17.5 Å². The van der Waals surface area contributed by atoms with E-state index in [0.717, 1.165) is 56.2 Å². The zero-order valence-electron chi connectivity index (χ0n) is 12.9. The van der Waals surface area contributed by atoms with Crippen molar-refractivity contribution in [1.29, 1.82) is 0 Å². The molecule has 0 spiro atoms. The number of carbonyl (C=O) groups excluding carboxylic acids is 1. The number of nitrogens with two attached hydrogens (primary N) is 1. The Balaban J connectivity index is 2.17. The van der Waals surface area contributed by atoms with Crippen LogP contribution in [-0.2, 0) is 11.2 Å². The highest BCUT2D eigenvalue weighted by molar-refractivity contribution is 5.78. The summed E-state index contributed by atoms with van der Waals surface area (Å²) in [6.45, 7) is 6.62. The molecule has 1 fully saturated rings. The molecule has 0 radical (unpaired) electrons. The monoisotopic (exact) mass is 291 g/mol. The van der Waals surface area contributed by atoms with Crippen LogP contribution in [0.2, 0.25) is 0 Å². The van der Waals surface area contributed by atoms with Crippen LogP contribution in [0.5, 0.6) is 0 Å². The van der Waals surface area contributed by atoms with E-state index in [0.29, 0.717) is 6.54 Å². The number of nitrogens with one attached hydrogen (secondary N) is 1. The topological polar surface area (TPSA) is 84.1 Å². The van der Waals surface area contributed by atoms with E-state index < -0.39 is 0 Å². The van der Waals surface area contributed by atoms with Crippen LogP contribution in [0, 0.1) is 5.92 Å². The van der Waals surface area contributed by atoms with Crippen LogP contribution >= 0.6 is 0 Å². The van der Waals surface area contributed by atoms with Gasteiger partial charge >= 0.3 is 0 Å². The third-order valence-electron chi connectivity index (χ3n) is 3.70. The Hall–Kier alpha value is -1.85. The molecule has 1 aromatic heterocycles. The number of amides is 1. The normalized spacial score (nSPS) is 18.0. The standard InChI is InChI=1S/C15H25N5O/c1-3-5-12-18-13(17-7-4-2)9-14(19-12)20-8-6-11(10-20)15(16)21/h9,11H,3-8,10H2,1-2H3,(H2,16,21)(H,17,18,19). The van der Waals surface area contributed by atoms with Crippen molar-refractivity contribution >= 4 is 17.5 Å². The minimum Gasteiger partial charge on any atom is -0.370 e. The van der Waals surface area contributed by atoms with Crippen LogP contribution in [0.3, 0.4) is 0 Å². The van der Waals surface area contributed by atoms with E-state index in [1.807, 2.05) is 6.07 Å². The molecule has 2 heterocycles. The smallest absolute Gasteiger partial charge is 0.222 e. The lowest BCUT2D eigenvalue weighted by Crippen LogP contribution is -2.28. The minimum absolute atomic E-state index is 0.0679. The van der Waals surface area contributed by atoms with E-state index >= 15 is 0 Å². The van der Waals surface area contributed by atoms with Crippen molar-refractivity contribution in [3.05, 3.63) is 11.9 Å². The first kappa shape index (κ1) is 15.5. The maximum absolute atomic E-state index is 11.3. The van der Waals surface area contributed by atoms with Gasteiger partial charge in [-0.2, -0.15) is 0 Å². The van der Waals surface area contributed by atoms with Crippen LogP contribution < -0.4 is 16.0 Å². The molecule has 1 unspecified atom stereocenters. The first-order valence-corrected chi connectivity index (χ1v) is 7.80. The fourth-order valence-electron chi connectivity index (χ4n) is 2.52. The summed E-state index contributed by atoms with van der Waals surface area (Å²) in [5, 5.41) is 3.32. The van der Waals surface area contributed by atoms with Gasteiger partial charge < -0.3 is 16.0 Å². The molecule has 21 heavy (non-hydrogen) atoms. The number of hydrogen-bond acceptors (Lipinski definition) is 5. The van der Waals surface area contributed by atoms with Crippen molar-refractivity contribution < 1.29 is 4.79 Å². The quantitative estimate of drug-likeness (QED) is 0.796. The Kier molecular flexibility index (Phi) is 5.36. The highest BCUT2D eigenvalue weighted by Crippen LogP contribution is 2.24. The second kappa shape index (κ2) is 7.24. The fraction of sp³-hybridized carbons (Fsp3) is 0.667. The Morgan fingerprint density at radius 1 is 1.43 bits per heavy atom. The molecule has 2 rings (SSSR count). The van der Waals surface area contributed by atoms with Gasteiger partial charge in [-0.1, -0.05) is 13.8 Å². The predicted octanol–water partition coefficient (Wildman–Crippen LogP) is 1.56. The second-order valence-electron chi connectivity index (χ2n) is 5.54. The minimum atomic E-state index is -0.218. The van der Waals surface area contributed by atoms with Gasteiger partial charge in [0.15, 0.2) is 0 Å². The molecule has 0 saturated carbocycles. The van der Waals surface area contributed by atoms with Gasteiger partial charge in [0.25, 0.3) is 0 Å². The molecule has 116 valence electrons. The van der Waals surface area contributed by atoms with Gasteiger partial charge in [-0.05, 0) is 19.3 Å². The van der Waals surface area contributed by atoms with E-state index in [4.69, 9.17) is 5.73 Å². The Labute approximate surface area is 126 Å². The average Bonchev–Trinajstić information content (AvgIpc) is 2.95. The molecule has 1 aliphatic rings.